The maximum Gasteiger partial charge on any atom is 0.184 e. The molecule has 0 aliphatic carbocycles. The van der Waals surface area contributed by atoms with E-state index >= 15 is 0 Å². The van der Waals surface area contributed by atoms with Crippen LogP contribution in [0.2, 0.25) is 5.02 Å². The van der Waals surface area contributed by atoms with Gasteiger partial charge < -0.3 is 5.73 Å². The molecular formula is C12H11ClN6O. The Morgan fingerprint density at radius 2 is 2.05 bits per heavy atom. The van der Waals surface area contributed by atoms with Gasteiger partial charge in [0.15, 0.2) is 11.6 Å². The summed E-state index contributed by atoms with van der Waals surface area (Å²) in [6.07, 6.45) is 3.02. The summed E-state index contributed by atoms with van der Waals surface area (Å²) >= 11 is 5.76. The van der Waals surface area contributed by atoms with Crippen molar-refractivity contribution in [3.05, 3.63) is 52.8 Å². The molecule has 0 atom stereocenters. The second-order valence-electron chi connectivity index (χ2n) is 3.94. The SMILES string of the molecule is N=N/N=C(\N)c1cnn(CC(=O)c2ccc(Cl)cc2)c1. The molecule has 2 aromatic rings. The summed E-state index contributed by atoms with van der Waals surface area (Å²) in [5.41, 5.74) is 13.2. The lowest BCUT2D eigenvalue weighted by Gasteiger charge is -2.01. The number of aromatic nitrogens is 2. The monoisotopic (exact) mass is 290 g/mol. The van der Waals surface area contributed by atoms with Gasteiger partial charge in [0.2, 0.25) is 0 Å². The number of carbonyl (C=O) groups is 1. The van der Waals surface area contributed by atoms with E-state index in [1.807, 2.05) is 0 Å². The predicted molar refractivity (Wildman–Crippen MR) is 73.9 cm³/mol. The third-order valence-corrected chi connectivity index (χ3v) is 2.81. The van der Waals surface area contributed by atoms with Crippen LogP contribution in [0.4, 0.5) is 0 Å². The van der Waals surface area contributed by atoms with E-state index in [1.54, 1.807) is 30.5 Å². The summed E-state index contributed by atoms with van der Waals surface area (Å²) in [7, 11) is 0. The minimum atomic E-state index is -0.1000. The van der Waals surface area contributed by atoms with Crippen molar-refractivity contribution in [1.29, 1.82) is 5.53 Å². The lowest BCUT2D eigenvalue weighted by atomic mass is 10.1. The van der Waals surface area contributed by atoms with Gasteiger partial charge in [0.25, 0.3) is 0 Å². The molecule has 3 N–H and O–H groups in total. The first-order valence-electron chi connectivity index (χ1n) is 5.61. The number of carbonyl (C=O) groups excluding carboxylic acids is 1. The molecule has 0 saturated carbocycles. The number of benzene rings is 1. The minimum absolute atomic E-state index is 0.0743. The molecule has 2 rings (SSSR count). The molecule has 8 heteroatoms. The zero-order valence-electron chi connectivity index (χ0n) is 10.3. The smallest absolute Gasteiger partial charge is 0.184 e. The Bertz CT molecular complexity index is 661. The molecule has 0 fully saturated rings. The first kappa shape index (κ1) is 13.9. The van der Waals surface area contributed by atoms with E-state index in [0.717, 1.165) is 0 Å². The molecule has 7 nitrogen and oxygen atoms in total. The number of nitrogens with one attached hydrogen (secondary N) is 1. The normalized spacial score (nSPS) is 11.3. The Kier molecular flexibility index (Phi) is 4.21. The molecule has 0 aliphatic rings. The van der Waals surface area contributed by atoms with E-state index in [9.17, 15) is 4.79 Å². The second-order valence-corrected chi connectivity index (χ2v) is 4.38. The quantitative estimate of drug-likeness (QED) is 0.289. The van der Waals surface area contributed by atoms with Crippen molar-refractivity contribution in [2.75, 3.05) is 0 Å². The van der Waals surface area contributed by atoms with Gasteiger partial charge in [0.1, 0.15) is 6.54 Å². The van der Waals surface area contributed by atoms with Crippen LogP contribution in [0.3, 0.4) is 0 Å². The number of Topliss-reactive ketones (excluding diaryl/α,β-unsaturated/α-hetero) is 1. The van der Waals surface area contributed by atoms with E-state index in [1.165, 1.54) is 10.9 Å². The number of hydrogen-bond donors (Lipinski definition) is 2. The molecule has 0 unspecified atom stereocenters. The topological polar surface area (TPSA) is 109 Å². The van der Waals surface area contributed by atoms with Crippen molar-refractivity contribution in [2.24, 2.45) is 16.1 Å². The number of amidine groups is 1. The van der Waals surface area contributed by atoms with Gasteiger partial charge in [-0.3, -0.25) is 9.48 Å². The Morgan fingerprint density at radius 3 is 2.70 bits per heavy atom. The lowest BCUT2D eigenvalue weighted by molar-refractivity contribution is 0.0967. The van der Waals surface area contributed by atoms with Gasteiger partial charge in [-0.05, 0) is 24.3 Å². The van der Waals surface area contributed by atoms with Gasteiger partial charge >= 0.3 is 0 Å². The molecule has 0 aliphatic heterocycles. The number of rotatable bonds is 5. The molecule has 0 spiro atoms. The van der Waals surface area contributed by atoms with Crippen molar-refractivity contribution < 1.29 is 4.79 Å². The minimum Gasteiger partial charge on any atom is -0.382 e. The van der Waals surface area contributed by atoms with Crippen molar-refractivity contribution in [3.63, 3.8) is 0 Å². The summed E-state index contributed by atoms with van der Waals surface area (Å²) in [5, 5.41) is 10.8. The molecule has 0 bridgehead atoms. The van der Waals surface area contributed by atoms with Crippen molar-refractivity contribution in [3.8, 4) is 0 Å². The van der Waals surface area contributed by atoms with E-state index in [2.05, 4.69) is 15.4 Å². The van der Waals surface area contributed by atoms with Crippen molar-refractivity contribution in [1.82, 2.24) is 9.78 Å². The van der Waals surface area contributed by atoms with E-state index in [-0.39, 0.29) is 18.2 Å². The summed E-state index contributed by atoms with van der Waals surface area (Å²) in [4.78, 5) is 12.0. The highest BCUT2D eigenvalue weighted by Crippen LogP contribution is 2.10. The summed E-state index contributed by atoms with van der Waals surface area (Å²) < 4.78 is 1.44. The van der Waals surface area contributed by atoms with Crippen LogP contribution >= 0.6 is 11.6 Å². The number of nitrogens with two attached hydrogens (primary N) is 1. The summed E-state index contributed by atoms with van der Waals surface area (Å²) in [5.74, 6) is -0.0257. The van der Waals surface area contributed by atoms with Crippen LogP contribution in [0.15, 0.2) is 47.0 Å². The van der Waals surface area contributed by atoms with Crippen LogP contribution in [0.1, 0.15) is 15.9 Å². The fourth-order valence-corrected chi connectivity index (χ4v) is 1.69. The van der Waals surface area contributed by atoms with Crippen LogP contribution in [-0.2, 0) is 6.54 Å². The van der Waals surface area contributed by atoms with Gasteiger partial charge in [-0.15, -0.1) is 5.10 Å². The number of halogens is 1. The highest BCUT2D eigenvalue weighted by Gasteiger charge is 2.09. The standard InChI is InChI=1S/C12H11ClN6O/c13-10-3-1-8(2-4-10)11(20)7-19-6-9(5-16-19)12(14)17-18-15/h1-6H,7H2,(H3,14,15,17). The van der Waals surface area contributed by atoms with Gasteiger partial charge in [0.05, 0.1) is 11.8 Å². The molecule has 1 aromatic carbocycles. The number of ketones is 1. The Balaban J connectivity index is 2.10. The predicted octanol–water partition coefficient (Wildman–Crippen LogP) is 2.07. The fraction of sp³-hybridized carbons (Fsp3) is 0.0833. The number of nitrogens with zero attached hydrogens (tertiary/aromatic N) is 4. The van der Waals surface area contributed by atoms with Crippen LogP contribution in [0, 0.1) is 5.53 Å². The molecular weight excluding hydrogens is 280 g/mol. The molecule has 0 radical (unpaired) electrons. The van der Waals surface area contributed by atoms with E-state index < -0.39 is 0 Å². The molecule has 0 amide bonds. The first-order valence-corrected chi connectivity index (χ1v) is 5.99. The van der Waals surface area contributed by atoms with Crippen molar-refractivity contribution in [2.45, 2.75) is 6.54 Å². The first-order chi connectivity index (χ1) is 9.60. The molecule has 20 heavy (non-hydrogen) atoms. The molecule has 1 heterocycles. The number of hydrogen-bond acceptors (Lipinski definition) is 4. The molecule has 102 valence electrons. The Morgan fingerprint density at radius 1 is 1.35 bits per heavy atom. The summed E-state index contributed by atoms with van der Waals surface area (Å²) in [6, 6.07) is 6.63. The molecule has 0 saturated heterocycles. The van der Waals surface area contributed by atoms with Crippen LogP contribution < -0.4 is 5.73 Å². The van der Waals surface area contributed by atoms with Gasteiger partial charge in [0, 0.05) is 16.8 Å². The average Bonchev–Trinajstić information content (AvgIpc) is 2.88. The third-order valence-electron chi connectivity index (χ3n) is 2.56. The largest absolute Gasteiger partial charge is 0.382 e. The lowest BCUT2D eigenvalue weighted by Crippen LogP contribution is -2.13. The van der Waals surface area contributed by atoms with Gasteiger partial charge in [-0.1, -0.05) is 16.8 Å². The van der Waals surface area contributed by atoms with Gasteiger partial charge in [-0.2, -0.15) is 10.6 Å². The Hall–Kier alpha value is -2.54. The van der Waals surface area contributed by atoms with Crippen LogP contribution in [0.25, 0.3) is 0 Å². The van der Waals surface area contributed by atoms with Crippen LogP contribution in [0.5, 0.6) is 0 Å². The highest BCUT2D eigenvalue weighted by atomic mass is 35.5. The maximum atomic E-state index is 12.0. The van der Waals surface area contributed by atoms with Crippen LogP contribution in [-0.4, -0.2) is 21.4 Å². The third kappa shape index (κ3) is 3.27. The van der Waals surface area contributed by atoms with Gasteiger partial charge in [-0.25, -0.2) is 0 Å². The average molecular weight is 291 g/mol. The maximum absolute atomic E-state index is 12.0. The fourth-order valence-electron chi connectivity index (χ4n) is 1.57. The van der Waals surface area contributed by atoms with E-state index in [4.69, 9.17) is 22.9 Å². The zero-order chi connectivity index (χ0) is 14.5. The highest BCUT2D eigenvalue weighted by molar-refractivity contribution is 6.30. The summed E-state index contributed by atoms with van der Waals surface area (Å²) in [6.45, 7) is 0.0763. The second kappa shape index (κ2) is 6.07. The van der Waals surface area contributed by atoms with Crippen molar-refractivity contribution >= 4 is 23.2 Å². The molecule has 1 aromatic heterocycles. The van der Waals surface area contributed by atoms with E-state index in [0.29, 0.717) is 16.1 Å². The zero-order valence-corrected chi connectivity index (χ0v) is 11.1. The Labute approximate surface area is 119 Å².